The number of nitrogens with zero attached hydrogens (tertiary/aromatic N) is 3. The van der Waals surface area contributed by atoms with Crippen molar-refractivity contribution < 1.29 is 0 Å². The Labute approximate surface area is 110 Å². The smallest absolute Gasteiger partial charge is 0.172 e. The minimum Gasteiger partial charge on any atom is -0.236 e. The molecule has 0 aliphatic rings. The maximum Gasteiger partial charge on any atom is 0.172 e. The summed E-state index contributed by atoms with van der Waals surface area (Å²) in [6.45, 7) is 0. The van der Waals surface area contributed by atoms with Gasteiger partial charge in [-0.05, 0) is 18.2 Å². The van der Waals surface area contributed by atoms with Gasteiger partial charge in [-0.3, -0.25) is 0 Å². The molecule has 2 aromatic heterocycles. The number of pyridine rings is 1. The summed E-state index contributed by atoms with van der Waals surface area (Å²) >= 11 is 6.09. The first-order valence-corrected chi connectivity index (χ1v) is 5.94. The van der Waals surface area contributed by atoms with Crippen LogP contribution in [0, 0.1) is 0 Å². The lowest BCUT2D eigenvalue weighted by Gasteiger charge is -2.01. The van der Waals surface area contributed by atoms with E-state index in [1.165, 1.54) is 0 Å². The summed E-state index contributed by atoms with van der Waals surface area (Å²) in [6, 6.07) is 15.5. The lowest BCUT2D eigenvalue weighted by atomic mass is 10.2. The first-order valence-electron chi connectivity index (χ1n) is 5.56. The summed E-state index contributed by atoms with van der Waals surface area (Å²) in [5.74, 6) is 0.640. The Bertz CT molecular complexity index is 662. The highest BCUT2D eigenvalue weighted by atomic mass is 35.5. The predicted octanol–water partition coefficient (Wildman–Crippen LogP) is 3.59. The van der Waals surface area contributed by atoms with Gasteiger partial charge >= 0.3 is 0 Å². The molecular weight excluding hydrogens is 246 g/mol. The predicted molar refractivity (Wildman–Crippen MR) is 71.8 cm³/mol. The number of benzene rings is 1. The molecule has 18 heavy (non-hydrogen) atoms. The molecule has 4 heteroatoms. The second-order valence-electron chi connectivity index (χ2n) is 3.82. The van der Waals surface area contributed by atoms with Crippen LogP contribution < -0.4 is 0 Å². The molecule has 0 saturated heterocycles. The van der Waals surface area contributed by atoms with Crippen LogP contribution in [-0.2, 0) is 0 Å². The molecule has 0 bridgehead atoms. The van der Waals surface area contributed by atoms with Crippen molar-refractivity contribution in [1.82, 2.24) is 14.8 Å². The molecule has 0 unspecified atom stereocenters. The van der Waals surface area contributed by atoms with Crippen LogP contribution in [0.1, 0.15) is 0 Å². The fraction of sp³-hybridized carbons (Fsp3) is 0. The number of rotatable bonds is 2. The van der Waals surface area contributed by atoms with Crippen molar-refractivity contribution in [1.29, 1.82) is 0 Å². The monoisotopic (exact) mass is 255 g/mol. The van der Waals surface area contributed by atoms with E-state index in [1.807, 2.05) is 42.6 Å². The number of hydrogen-bond acceptors (Lipinski definition) is 2. The second-order valence-corrected chi connectivity index (χ2v) is 4.23. The molecule has 0 aliphatic heterocycles. The molecule has 2 heterocycles. The lowest BCUT2D eigenvalue weighted by Crippen LogP contribution is -1.98. The van der Waals surface area contributed by atoms with Crippen molar-refractivity contribution in [3.05, 3.63) is 65.9 Å². The number of aromatic nitrogens is 3. The summed E-state index contributed by atoms with van der Waals surface area (Å²) in [4.78, 5) is 4.22. The molecule has 0 atom stereocenters. The first-order chi connectivity index (χ1) is 8.84. The Morgan fingerprint density at radius 1 is 0.944 bits per heavy atom. The average Bonchev–Trinajstić information content (AvgIpc) is 2.90. The molecular formula is C14H10ClN3. The van der Waals surface area contributed by atoms with E-state index < -0.39 is 0 Å². The quantitative estimate of drug-likeness (QED) is 0.701. The molecule has 3 nitrogen and oxygen atoms in total. The third kappa shape index (κ3) is 2.00. The molecule has 3 aromatic rings. The standard InChI is InChI=1S/C14H10ClN3/c15-12-7-4-9-16-14(12)18-10-8-13(17-18)11-5-2-1-3-6-11/h1-10H. The van der Waals surface area contributed by atoms with Gasteiger partial charge in [0.15, 0.2) is 5.82 Å². The molecule has 3 rings (SSSR count). The maximum absolute atomic E-state index is 6.09. The maximum atomic E-state index is 6.09. The van der Waals surface area contributed by atoms with Gasteiger partial charge in [0.05, 0.1) is 10.7 Å². The molecule has 0 N–H and O–H groups in total. The Balaban J connectivity index is 2.03. The lowest BCUT2D eigenvalue weighted by molar-refractivity contribution is 0.850. The van der Waals surface area contributed by atoms with Gasteiger partial charge in [-0.2, -0.15) is 5.10 Å². The topological polar surface area (TPSA) is 30.7 Å². The highest BCUT2D eigenvalue weighted by molar-refractivity contribution is 6.32. The summed E-state index contributed by atoms with van der Waals surface area (Å²) < 4.78 is 1.69. The molecule has 0 radical (unpaired) electrons. The normalized spacial score (nSPS) is 10.5. The van der Waals surface area contributed by atoms with Crippen molar-refractivity contribution >= 4 is 11.6 Å². The third-order valence-corrected chi connectivity index (χ3v) is 2.91. The van der Waals surface area contributed by atoms with Gasteiger partial charge in [-0.15, -0.1) is 0 Å². The van der Waals surface area contributed by atoms with E-state index in [1.54, 1.807) is 23.0 Å². The van der Waals surface area contributed by atoms with E-state index in [-0.39, 0.29) is 0 Å². The van der Waals surface area contributed by atoms with Crippen molar-refractivity contribution in [2.75, 3.05) is 0 Å². The zero-order chi connectivity index (χ0) is 12.4. The van der Waals surface area contributed by atoms with Gasteiger partial charge < -0.3 is 0 Å². The Kier molecular flexibility index (Phi) is 2.82. The molecule has 0 aliphatic carbocycles. The van der Waals surface area contributed by atoms with Gasteiger partial charge in [0.25, 0.3) is 0 Å². The molecule has 0 spiro atoms. The van der Waals surface area contributed by atoms with Crippen LogP contribution in [-0.4, -0.2) is 14.8 Å². The largest absolute Gasteiger partial charge is 0.236 e. The fourth-order valence-corrected chi connectivity index (χ4v) is 1.96. The van der Waals surface area contributed by atoms with Gasteiger partial charge in [-0.1, -0.05) is 41.9 Å². The summed E-state index contributed by atoms with van der Waals surface area (Å²) in [5.41, 5.74) is 1.97. The van der Waals surface area contributed by atoms with Crippen molar-refractivity contribution in [2.45, 2.75) is 0 Å². The van der Waals surface area contributed by atoms with Crippen LogP contribution in [0.15, 0.2) is 60.9 Å². The summed E-state index contributed by atoms with van der Waals surface area (Å²) in [7, 11) is 0. The number of hydrogen-bond donors (Lipinski definition) is 0. The van der Waals surface area contributed by atoms with Gasteiger partial charge in [0.1, 0.15) is 0 Å². The molecule has 0 saturated carbocycles. The minimum absolute atomic E-state index is 0.584. The van der Waals surface area contributed by atoms with Crippen molar-refractivity contribution in [2.24, 2.45) is 0 Å². The van der Waals surface area contributed by atoms with Crippen molar-refractivity contribution in [3.8, 4) is 17.1 Å². The van der Waals surface area contributed by atoms with Crippen LogP contribution in [0.3, 0.4) is 0 Å². The van der Waals surface area contributed by atoms with Gasteiger partial charge in [-0.25, -0.2) is 9.67 Å². The van der Waals surface area contributed by atoms with Crippen LogP contribution in [0.4, 0.5) is 0 Å². The number of halogens is 1. The van der Waals surface area contributed by atoms with Crippen LogP contribution >= 0.6 is 11.6 Å². The molecule has 1 aromatic carbocycles. The van der Waals surface area contributed by atoms with Gasteiger partial charge in [0, 0.05) is 18.0 Å². The van der Waals surface area contributed by atoms with Crippen LogP contribution in [0.5, 0.6) is 0 Å². The summed E-state index contributed by atoms with van der Waals surface area (Å²) in [6.07, 6.45) is 3.56. The Hall–Kier alpha value is -2.13. The molecule has 0 fully saturated rings. The van der Waals surface area contributed by atoms with Gasteiger partial charge in [0.2, 0.25) is 0 Å². The Morgan fingerprint density at radius 3 is 2.56 bits per heavy atom. The third-order valence-electron chi connectivity index (χ3n) is 2.61. The van der Waals surface area contributed by atoms with E-state index in [0.29, 0.717) is 10.8 Å². The summed E-state index contributed by atoms with van der Waals surface area (Å²) in [5, 5.41) is 5.06. The van der Waals surface area contributed by atoms with Crippen molar-refractivity contribution in [3.63, 3.8) is 0 Å². The Morgan fingerprint density at radius 2 is 1.78 bits per heavy atom. The molecule has 88 valence electrons. The average molecular weight is 256 g/mol. The SMILES string of the molecule is Clc1cccnc1-n1ccc(-c2ccccc2)n1. The first kappa shape index (κ1) is 11.0. The van der Waals surface area contributed by atoms with Crippen LogP contribution in [0.2, 0.25) is 5.02 Å². The van der Waals surface area contributed by atoms with E-state index >= 15 is 0 Å². The van der Waals surface area contributed by atoms with E-state index in [0.717, 1.165) is 11.3 Å². The molecule has 0 amide bonds. The highest BCUT2D eigenvalue weighted by Crippen LogP contribution is 2.20. The van der Waals surface area contributed by atoms with E-state index in [9.17, 15) is 0 Å². The second kappa shape index (κ2) is 4.63. The van der Waals surface area contributed by atoms with E-state index in [4.69, 9.17) is 11.6 Å². The highest BCUT2D eigenvalue weighted by Gasteiger charge is 2.06. The zero-order valence-electron chi connectivity index (χ0n) is 9.49. The van der Waals surface area contributed by atoms with E-state index in [2.05, 4.69) is 10.1 Å². The zero-order valence-corrected chi connectivity index (χ0v) is 10.2. The fourth-order valence-electron chi connectivity index (χ4n) is 1.75. The van der Waals surface area contributed by atoms with Crippen LogP contribution in [0.25, 0.3) is 17.1 Å². The minimum atomic E-state index is 0.584.